The second-order valence-electron chi connectivity index (χ2n) is 2.62. The van der Waals surface area contributed by atoms with Crippen molar-refractivity contribution in [3.8, 4) is 11.3 Å². The highest BCUT2D eigenvalue weighted by Gasteiger charge is 2.01. The lowest BCUT2D eigenvalue weighted by atomic mass is 10.2. The van der Waals surface area contributed by atoms with Gasteiger partial charge in [0.25, 0.3) is 0 Å². The van der Waals surface area contributed by atoms with E-state index >= 15 is 0 Å². The summed E-state index contributed by atoms with van der Waals surface area (Å²) in [7, 11) is 0. The van der Waals surface area contributed by atoms with Crippen molar-refractivity contribution in [2.45, 2.75) is 0 Å². The fourth-order valence-electron chi connectivity index (χ4n) is 1.07. The van der Waals surface area contributed by atoms with Crippen molar-refractivity contribution in [2.75, 3.05) is 0 Å². The van der Waals surface area contributed by atoms with Gasteiger partial charge in [-0.15, -0.1) is 5.10 Å². The van der Waals surface area contributed by atoms with Crippen molar-refractivity contribution in [1.29, 1.82) is 0 Å². The van der Waals surface area contributed by atoms with E-state index in [0.29, 0.717) is 5.69 Å². The number of hydrogen-bond donors (Lipinski definition) is 0. The first-order chi connectivity index (χ1) is 6.75. The van der Waals surface area contributed by atoms with Gasteiger partial charge in [-0.2, -0.15) is 5.10 Å². The van der Waals surface area contributed by atoms with Gasteiger partial charge in [-0.05, 0) is 23.7 Å². The van der Waals surface area contributed by atoms with Crippen LogP contribution in [0.1, 0.15) is 0 Å². The van der Waals surface area contributed by atoms with Crippen LogP contribution in [0, 0.1) is 0 Å². The SMILES string of the molecule is Clc1nncc(-c2cccc(Br)c2)n1. The van der Waals surface area contributed by atoms with Gasteiger partial charge in [0.15, 0.2) is 0 Å². The van der Waals surface area contributed by atoms with Crippen molar-refractivity contribution in [1.82, 2.24) is 15.2 Å². The van der Waals surface area contributed by atoms with Crippen LogP contribution in [-0.4, -0.2) is 15.2 Å². The summed E-state index contributed by atoms with van der Waals surface area (Å²) in [5.41, 5.74) is 1.67. The van der Waals surface area contributed by atoms with Gasteiger partial charge < -0.3 is 0 Å². The largest absolute Gasteiger partial charge is 0.243 e. The molecule has 1 aromatic heterocycles. The van der Waals surface area contributed by atoms with Crippen molar-refractivity contribution >= 4 is 27.5 Å². The summed E-state index contributed by atoms with van der Waals surface area (Å²) < 4.78 is 0.990. The molecule has 0 atom stereocenters. The smallest absolute Gasteiger partial charge is 0.215 e. The molecule has 0 bridgehead atoms. The number of rotatable bonds is 1. The van der Waals surface area contributed by atoms with Crippen LogP contribution in [-0.2, 0) is 0 Å². The van der Waals surface area contributed by atoms with Crippen LogP contribution >= 0.6 is 27.5 Å². The summed E-state index contributed by atoms with van der Waals surface area (Å²) in [5.74, 6) is 0. The Labute approximate surface area is 94.3 Å². The molecule has 0 aliphatic heterocycles. The van der Waals surface area contributed by atoms with E-state index in [1.165, 1.54) is 0 Å². The van der Waals surface area contributed by atoms with Crippen molar-refractivity contribution < 1.29 is 0 Å². The Kier molecular flexibility index (Phi) is 2.74. The molecule has 0 aliphatic rings. The molecule has 0 spiro atoms. The molecule has 70 valence electrons. The zero-order valence-electron chi connectivity index (χ0n) is 6.98. The Balaban J connectivity index is 2.49. The minimum atomic E-state index is 0.155. The van der Waals surface area contributed by atoms with Crippen LogP contribution in [0.4, 0.5) is 0 Å². The van der Waals surface area contributed by atoms with Crippen LogP contribution in [0.15, 0.2) is 34.9 Å². The van der Waals surface area contributed by atoms with E-state index in [0.717, 1.165) is 10.0 Å². The third-order valence-corrected chi connectivity index (χ3v) is 2.31. The maximum Gasteiger partial charge on any atom is 0.243 e. The van der Waals surface area contributed by atoms with E-state index in [2.05, 4.69) is 31.1 Å². The summed E-state index contributed by atoms with van der Waals surface area (Å²) in [6.45, 7) is 0. The Morgan fingerprint density at radius 1 is 1.29 bits per heavy atom. The zero-order valence-corrected chi connectivity index (χ0v) is 9.33. The van der Waals surface area contributed by atoms with Gasteiger partial charge in [0, 0.05) is 10.0 Å². The molecule has 0 fully saturated rings. The van der Waals surface area contributed by atoms with Crippen LogP contribution in [0.3, 0.4) is 0 Å². The monoisotopic (exact) mass is 269 g/mol. The average molecular weight is 271 g/mol. The highest BCUT2D eigenvalue weighted by Crippen LogP contribution is 2.20. The quantitative estimate of drug-likeness (QED) is 0.800. The molecule has 0 aliphatic carbocycles. The zero-order chi connectivity index (χ0) is 9.97. The van der Waals surface area contributed by atoms with E-state index in [-0.39, 0.29) is 5.28 Å². The van der Waals surface area contributed by atoms with Crippen molar-refractivity contribution in [3.63, 3.8) is 0 Å². The Hall–Kier alpha value is -1.00. The maximum atomic E-state index is 5.64. The second-order valence-corrected chi connectivity index (χ2v) is 3.87. The molecule has 2 aromatic rings. The van der Waals surface area contributed by atoms with Crippen LogP contribution in [0.25, 0.3) is 11.3 Å². The molecule has 0 N–H and O–H groups in total. The predicted octanol–water partition coefficient (Wildman–Crippen LogP) is 2.95. The van der Waals surface area contributed by atoms with E-state index < -0.39 is 0 Å². The van der Waals surface area contributed by atoms with E-state index in [1.807, 2.05) is 24.3 Å². The molecule has 5 heteroatoms. The molecule has 2 rings (SSSR count). The van der Waals surface area contributed by atoms with Crippen LogP contribution < -0.4 is 0 Å². The minimum absolute atomic E-state index is 0.155. The highest BCUT2D eigenvalue weighted by molar-refractivity contribution is 9.10. The first-order valence-corrected chi connectivity index (χ1v) is 5.04. The van der Waals surface area contributed by atoms with Gasteiger partial charge in [0.2, 0.25) is 5.28 Å². The molecule has 0 unspecified atom stereocenters. The number of nitrogens with zero attached hydrogens (tertiary/aromatic N) is 3. The molecular formula is C9H5BrClN3. The third-order valence-electron chi connectivity index (χ3n) is 1.65. The number of halogens is 2. The molecule has 14 heavy (non-hydrogen) atoms. The molecule has 0 saturated heterocycles. The summed E-state index contributed by atoms with van der Waals surface area (Å²) in [4.78, 5) is 4.06. The highest BCUT2D eigenvalue weighted by atomic mass is 79.9. The fraction of sp³-hybridized carbons (Fsp3) is 0. The van der Waals surface area contributed by atoms with Gasteiger partial charge in [-0.1, -0.05) is 28.1 Å². The van der Waals surface area contributed by atoms with E-state index in [1.54, 1.807) is 6.20 Å². The molecule has 0 saturated carbocycles. The normalized spacial score (nSPS) is 10.1. The maximum absolute atomic E-state index is 5.64. The molecule has 1 aromatic carbocycles. The van der Waals surface area contributed by atoms with Gasteiger partial charge in [-0.25, -0.2) is 4.98 Å². The van der Waals surface area contributed by atoms with E-state index in [9.17, 15) is 0 Å². The lowest BCUT2D eigenvalue weighted by molar-refractivity contribution is 0.974. The van der Waals surface area contributed by atoms with Crippen molar-refractivity contribution in [3.05, 3.63) is 40.2 Å². The summed E-state index contributed by atoms with van der Waals surface area (Å²) in [6.07, 6.45) is 1.58. The average Bonchev–Trinajstić information content (AvgIpc) is 2.18. The lowest BCUT2D eigenvalue weighted by Crippen LogP contribution is -1.89. The van der Waals surface area contributed by atoms with Crippen LogP contribution in [0.5, 0.6) is 0 Å². The van der Waals surface area contributed by atoms with E-state index in [4.69, 9.17) is 11.6 Å². The first-order valence-electron chi connectivity index (χ1n) is 3.87. The Morgan fingerprint density at radius 3 is 2.86 bits per heavy atom. The Bertz CT molecular complexity index is 418. The van der Waals surface area contributed by atoms with Gasteiger partial charge in [0.05, 0.1) is 11.9 Å². The van der Waals surface area contributed by atoms with Gasteiger partial charge in [0.1, 0.15) is 0 Å². The molecule has 3 nitrogen and oxygen atoms in total. The minimum Gasteiger partial charge on any atom is -0.215 e. The van der Waals surface area contributed by atoms with Crippen molar-refractivity contribution in [2.24, 2.45) is 0 Å². The summed E-state index contributed by atoms with van der Waals surface area (Å²) in [5, 5.41) is 7.47. The molecule has 1 heterocycles. The van der Waals surface area contributed by atoms with Gasteiger partial charge in [-0.3, -0.25) is 0 Å². The molecule has 0 radical (unpaired) electrons. The standard InChI is InChI=1S/C9H5BrClN3/c10-7-3-1-2-6(4-7)8-5-12-14-9(11)13-8/h1-5H. The predicted molar refractivity (Wildman–Crippen MR) is 58.0 cm³/mol. The number of aromatic nitrogens is 3. The molecule has 0 amide bonds. The lowest BCUT2D eigenvalue weighted by Gasteiger charge is -1.99. The number of benzene rings is 1. The Morgan fingerprint density at radius 2 is 2.14 bits per heavy atom. The summed E-state index contributed by atoms with van der Waals surface area (Å²) in [6, 6.07) is 7.75. The van der Waals surface area contributed by atoms with Crippen LogP contribution in [0.2, 0.25) is 5.28 Å². The third kappa shape index (κ3) is 2.08. The summed E-state index contributed by atoms with van der Waals surface area (Å²) >= 11 is 9.02. The molecular weight excluding hydrogens is 265 g/mol. The topological polar surface area (TPSA) is 38.7 Å². The van der Waals surface area contributed by atoms with Gasteiger partial charge >= 0.3 is 0 Å². The number of hydrogen-bond acceptors (Lipinski definition) is 3. The fourth-order valence-corrected chi connectivity index (χ4v) is 1.60. The second kappa shape index (κ2) is 4.02. The first kappa shape index (κ1) is 9.55.